The van der Waals surface area contributed by atoms with Gasteiger partial charge in [-0.1, -0.05) is 47.4 Å². The summed E-state index contributed by atoms with van der Waals surface area (Å²) in [5, 5.41) is 0. The maximum Gasteiger partial charge on any atom is 0.322 e. The van der Waals surface area contributed by atoms with Gasteiger partial charge in [0.05, 0.1) is 0 Å². The molecule has 2 unspecified atom stereocenters. The smallest absolute Gasteiger partial charge is 0.322 e. The summed E-state index contributed by atoms with van der Waals surface area (Å²) in [5.74, 6) is 1.09. The molecule has 2 atom stereocenters. The van der Waals surface area contributed by atoms with Gasteiger partial charge in [-0.15, -0.1) is 0 Å². The Balaban J connectivity index is 0.00000254. The zero-order valence-corrected chi connectivity index (χ0v) is 18.1. The Labute approximate surface area is 162 Å². The highest BCUT2D eigenvalue weighted by atomic mass is 127. The number of hydrogen-bond acceptors (Lipinski definition) is 6. The largest absolute Gasteiger partial charge is 0.464 e. The monoisotopic (exact) mass is 487 g/mol. The van der Waals surface area contributed by atoms with E-state index in [1.54, 1.807) is 8.93 Å². The lowest BCUT2D eigenvalue weighted by molar-refractivity contribution is -0.144. The van der Waals surface area contributed by atoms with Crippen LogP contribution in [-0.2, 0) is 9.53 Å². The number of benzene rings is 1. The van der Waals surface area contributed by atoms with Crippen LogP contribution in [0.3, 0.4) is 0 Å². The Kier molecular flexibility index (Phi) is 16.3. The number of carbonyl (C=O) groups is 1. The summed E-state index contributed by atoms with van der Waals surface area (Å²) in [5.41, 5.74) is 5.77. The lowest BCUT2D eigenvalue weighted by atomic mass is 10.1. The van der Waals surface area contributed by atoms with Crippen molar-refractivity contribution >= 4 is 44.5 Å². The first kappa shape index (κ1) is 23.9. The Hall–Kier alpha value is -0.0800. The first-order chi connectivity index (χ1) is 11.6. The Morgan fingerprint density at radius 3 is 2.62 bits per heavy atom. The molecule has 0 fully saturated rings. The first-order valence-corrected chi connectivity index (χ1v) is 12.9. The molecule has 3 N–H and O–H groups in total. The van der Waals surface area contributed by atoms with Crippen LogP contribution in [0, 0.1) is 0 Å². The number of para-hydroxylation sites is 1. The highest BCUT2D eigenvalue weighted by Crippen LogP contribution is 2.34. The van der Waals surface area contributed by atoms with E-state index in [4.69, 9.17) is 15.0 Å². The van der Waals surface area contributed by atoms with E-state index in [1.165, 1.54) is 0 Å². The summed E-state index contributed by atoms with van der Waals surface area (Å²) in [7, 11) is 0.118. The number of hydrogen-bond donors (Lipinski definition) is 2. The van der Waals surface area contributed by atoms with Gasteiger partial charge in [0.2, 0.25) is 8.38 Å². The second-order valence-corrected chi connectivity index (χ2v) is 8.39. The molecule has 0 heterocycles. The van der Waals surface area contributed by atoms with Gasteiger partial charge in [0, 0.05) is 11.9 Å². The summed E-state index contributed by atoms with van der Waals surface area (Å²) in [6.07, 6.45) is 2.65. The number of rotatable bonds is 11. The van der Waals surface area contributed by atoms with Crippen LogP contribution in [0.2, 0.25) is 0 Å². The molecule has 0 amide bonds. The van der Waals surface area contributed by atoms with Gasteiger partial charge >= 0.3 is 5.97 Å². The van der Waals surface area contributed by atoms with Crippen LogP contribution >= 0.6 is 38.5 Å². The molecular weight excluding hydrogens is 460 g/mol. The van der Waals surface area contributed by atoms with Crippen molar-refractivity contribution in [1.82, 2.24) is 0 Å². The van der Waals surface area contributed by atoms with Crippen LogP contribution in [0.5, 0.6) is 5.75 Å². The molecule has 0 bridgehead atoms. The molecule has 0 aromatic heterocycles. The molecule has 8 heteroatoms. The van der Waals surface area contributed by atoms with Crippen molar-refractivity contribution in [3.05, 3.63) is 30.3 Å². The molecule has 1 aromatic carbocycles. The van der Waals surface area contributed by atoms with Crippen LogP contribution in [0.25, 0.3) is 0 Å². The third-order valence-corrected chi connectivity index (χ3v) is 5.54. The highest BCUT2D eigenvalue weighted by molar-refractivity contribution is 14.2. The van der Waals surface area contributed by atoms with E-state index in [2.05, 4.69) is 21.2 Å². The molecule has 0 spiro atoms. The number of halogens is 1. The minimum absolute atomic E-state index is 0.350. The fraction of sp³-hybridized carbons (Fsp3) is 0.562. The number of esters is 1. The molecule has 24 heavy (non-hydrogen) atoms. The van der Waals surface area contributed by atoms with E-state index in [-0.39, 0.29) is 5.97 Å². The van der Waals surface area contributed by atoms with Crippen LogP contribution < -0.4 is 10.3 Å². The SMILES string of the molecule is CC.NC(CCCCP(O)Oc1ccccc1)C(=O)OCCSI. The molecule has 1 rings (SSSR count). The fourth-order valence-electron chi connectivity index (χ4n) is 1.66. The zero-order chi connectivity index (χ0) is 18.2. The standard InChI is InChI=1S/C14H21INO4PS.C2H6/c15-22-11-9-19-14(17)13(16)8-4-5-10-21(18)20-12-6-2-1-3-7-12;1-2/h1-3,6-7,13,18H,4-5,8-11,16H2;1-2H3. The molecule has 0 radical (unpaired) electrons. The Bertz CT molecular complexity index is 428. The Morgan fingerprint density at radius 1 is 1.33 bits per heavy atom. The van der Waals surface area contributed by atoms with E-state index < -0.39 is 14.4 Å². The van der Waals surface area contributed by atoms with E-state index in [1.807, 2.05) is 44.2 Å². The van der Waals surface area contributed by atoms with E-state index in [0.717, 1.165) is 18.6 Å². The van der Waals surface area contributed by atoms with Crippen molar-refractivity contribution in [1.29, 1.82) is 0 Å². The molecule has 5 nitrogen and oxygen atoms in total. The lowest BCUT2D eigenvalue weighted by Gasteiger charge is -2.13. The average molecular weight is 487 g/mol. The number of unbranched alkanes of at least 4 members (excludes halogenated alkanes) is 1. The van der Waals surface area contributed by atoms with Gasteiger partial charge in [0.1, 0.15) is 18.4 Å². The van der Waals surface area contributed by atoms with Crippen LogP contribution in [0.1, 0.15) is 33.1 Å². The van der Waals surface area contributed by atoms with Crippen molar-refractivity contribution in [3.8, 4) is 5.75 Å². The number of nitrogens with two attached hydrogens (primary N) is 1. The van der Waals surface area contributed by atoms with Crippen molar-refractivity contribution in [2.75, 3.05) is 18.5 Å². The van der Waals surface area contributed by atoms with E-state index in [9.17, 15) is 9.69 Å². The predicted molar refractivity (Wildman–Crippen MR) is 112 cm³/mol. The van der Waals surface area contributed by atoms with Crippen LogP contribution in [-0.4, -0.2) is 35.4 Å². The minimum Gasteiger partial charge on any atom is -0.464 e. The van der Waals surface area contributed by atoms with Crippen molar-refractivity contribution in [3.63, 3.8) is 0 Å². The van der Waals surface area contributed by atoms with Gasteiger partial charge in [-0.2, -0.15) is 0 Å². The summed E-state index contributed by atoms with van der Waals surface area (Å²) in [6.45, 7) is 4.40. The summed E-state index contributed by atoms with van der Waals surface area (Å²) in [4.78, 5) is 21.4. The van der Waals surface area contributed by atoms with E-state index in [0.29, 0.717) is 24.9 Å². The molecule has 0 saturated heterocycles. The highest BCUT2D eigenvalue weighted by Gasteiger charge is 2.15. The zero-order valence-electron chi connectivity index (χ0n) is 14.2. The predicted octanol–water partition coefficient (Wildman–Crippen LogP) is 4.52. The van der Waals surface area contributed by atoms with Gasteiger partial charge in [-0.3, -0.25) is 4.79 Å². The maximum absolute atomic E-state index is 11.6. The average Bonchev–Trinajstić information content (AvgIpc) is 2.61. The second kappa shape index (κ2) is 16.4. The van der Waals surface area contributed by atoms with Crippen LogP contribution in [0.15, 0.2) is 30.3 Å². The first-order valence-electron chi connectivity index (χ1n) is 7.98. The van der Waals surface area contributed by atoms with Gasteiger partial charge in [-0.05, 0) is 46.2 Å². The van der Waals surface area contributed by atoms with Gasteiger partial charge in [0.25, 0.3) is 0 Å². The molecule has 1 aromatic rings. The van der Waals surface area contributed by atoms with Crippen molar-refractivity contribution in [2.45, 2.75) is 39.2 Å². The Morgan fingerprint density at radius 2 is 2.00 bits per heavy atom. The maximum atomic E-state index is 11.6. The third kappa shape index (κ3) is 12.3. The minimum atomic E-state index is -1.48. The second-order valence-electron chi connectivity index (χ2n) is 4.56. The summed E-state index contributed by atoms with van der Waals surface area (Å²) < 4.78 is 10.5. The molecule has 138 valence electrons. The van der Waals surface area contributed by atoms with Crippen LogP contribution in [0.4, 0.5) is 0 Å². The van der Waals surface area contributed by atoms with Crippen molar-refractivity contribution in [2.24, 2.45) is 5.73 Å². The number of carbonyl (C=O) groups excluding carboxylic acids is 1. The van der Waals surface area contributed by atoms with Gasteiger partial charge < -0.3 is 19.9 Å². The van der Waals surface area contributed by atoms with E-state index >= 15 is 0 Å². The molecule has 0 aliphatic carbocycles. The number of ether oxygens (including phenoxy) is 1. The fourth-order valence-corrected chi connectivity index (χ4v) is 3.29. The lowest BCUT2D eigenvalue weighted by Crippen LogP contribution is -2.32. The normalized spacial score (nSPS) is 12.5. The quantitative estimate of drug-likeness (QED) is 0.207. The van der Waals surface area contributed by atoms with Gasteiger partial charge in [-0.25, -0.2) is 0 Å². The molecule has 0 aliphatic heterocycles. The molecule has 0 aliphatic rings. The topological polar surface area (TPSA) is 81.8 Å². The molecular formula is C16H27INO4PS. The summed E-state index contributed by atoms with van der Waals surface area (Å²) in [6, 6.07) is 8.65. The van der Waals surface area contributed by atoms with Crippen molar-refractivity contribution < 1.29 is 18.9 Å². The molecule has 0 saturated carbocycles. The third-order valence-electron chi connectivity index (χ3n) is 2.78. The summed E-state index contributed by atoms with van der Waals surface area (Å²) >= 11 is 2.15. The van der Waals surface area contributed by atoms with Gasteiger partial charge in [0.15, 0.2) is 0 Å².